The summed E-state index contributed by atoms with van der Waals surface area (Å²) in [6.45, 7) is 0. The number of aliphatic carboxylic acids is 1. The second-order valence-electron chi connectivity index (χ2n) is 3.29. The molecule has 2 nitrogen and oxygen atoms in total. The standard InChI is InChI=1S/C10H9FO2/c11-7-2-4-8-6(5-7)1-3-9(8)10(12)13/h2,4-5,9H,1,3H2,(H,12,13)/p+1/t9-/m0/s1. The molecule has 0 saturated carbocycles. The number of halogens is 1. The van der Waals surface area contributed by atoms with Gasteiger partial charge in [-0.3, -0.25) is 0 Å². The Bertz CT molecular complexity index is 360. The number of carboxylic acid groups (broad SMARTS) is 1. The minimum Gasteiger partial charge on any atom is -0.339 e. The SMILES string of the molecule is OC(=[OH+])[C@H]1CCc2cc(F)ccc21. The average Bonchev–Trinajstić information content (AvgIpc) is 2.46. The second-order valence-corrected chi connectivity index (χ2v) is 3.29. The molecule has 1 aliphatic rings. The van der Waals surface area contributed by atoms with Crippen LogP contribution in [0.5, 0.6) is 0 Å². The van der Waals surface area contributed by atoms with Gasteiger partial charge in [0.25, 0.3) is 0 Å². The summed E-state index contributed by atoms with van der Waals surface area (Å²) in [5, 5.41) is 8.95. The predicted molar refractivity (Wildman–Crippen MR) is 47.0 cm³/mol. The van der Waals surface area contributed by atoms with Crippen molar-refractivity contribution in [2.75, 3.05) is 0 Å². The van der Waals surface area contributed by atoms with Gasteiger partial charge >= 0.3 is 5.97 Å². The van der Waals surface area contributed by atoms with E-state index in [4.69, 9.17) is 9.90 Å². The van der Waals surface area contributed by atoms with E-state index >= 15 is 0 Å². The highest BCUT2D eigenvalue weighted by molar-refractivity contribution is 5.78. The van der Waals surface area contributed by atoms with Crippen LogP contribution in [0, 0.1) is 5.82 Å². The van der Waals surface area contributed by atoms with Crippen LogP contribution >= 0.6 is 0 Å². The number of carboxylic acids is 1. The lowest BCUT2D eigenvalue weighted by Gasteiger charge is -2.00. The molecule has 0 bridgehead atoms. The number of aryl methyl sites for hydroxylation is 1. The van der Waals surface area contributed by atoms with Gasteiger partial charge in [0.1, 0.15) is 11.7 Å². The second kappa shape index (κ2) is 2.83. The summed E-state index contributed by atoms with van der Waals surface area (Å²) in [6, 6.07) is 4.42. The zero-order chi connectivity index (χ0) is 9.42. The van der Waals surface area contributed by atoms with Gasteiger partial charge in [0.2, 0.25) is 0 Å². The number of aliphatic hydroxyl groups excluding tert-OH is 1. The van der Waals surface area contributed by atoms with E-state index in [1.165, 1.54) is 12.1 Å². The Hall–Kier alpha value is -1.38. The molecule has 68 valence electrons. The lowest BCUT2D eigenvalue weighted by Crippen LogP contribution is -2.08. The molecule has 1 atom stereocenters. The van der Waals surface area contributed by atoms with E-state index in [2.05, 4.69) is 0 Å². The van der Waals surface area contributed by atoms with Crippen LogP contribution in [-0.4, -0.2) is 15.9 Å². The Labute approximate surface area is 75.0 Å². The third-order valence-corrected chi connectivity index (χ3v) is 2.49. The first-order chi connectivity index (χ1) is 6.18. The minimum absolute atomic E-state index is 0.267. The van der Waals surface area contributed by atoms with E-state index in [0.717, 1.165) is 11.1 Å². The quantitative estimate of drug-likeness (QED) is 0.660. The Morgan fingerprint density at radius 2 is 2.31 bits per heavy atom. The number of rotatable bonds is 1. The van der Waals surface area contributed by atoms with Gasteiger partial charge in [0.15, 0.2) is 0 Å². The van der Waals surface area contributed by atoms with Crippen LogP contribution in [0.1, 0.15) is 23.5 Å². The summed E-state index contributed by atoms with van der Waals surface area (Å²) in [7, 11) is 0. The van der Waals surface area contributed by atoms with Crippen molar-refractivity contribution in [3.8, 4) is 0 Å². The van der Waals surface area contributed by atoms with Crippen molar-refractivity contribution in [1.82, 2.24) is 0 Å². The minimum atomic E-state index is -0.564. The molecule has 2 N–H and O–H groups in total. The number of hydrogen-bond acceptors (Lipinski definition) is 0. The monoisotopic (exact) mass is 181 g/mol. The summed E-state index contributed by atoms with van der Waals surface area (Å²) in [4.78, 5) is 8.95. The third kappa shape index (κ3) is 1.30. The highest BCUT2D eigenvalue weighted by Gasteiger charge is 2.32. The zero-order valence-electron chi connectivity index (χ0n) is 7.00. The first-order valence-electron chi connectivity index (χ1n) is 4.21. The third-order valence-electron chi connectivity index (χ3n) is 2.49. The molecule has 1 aromatic rings. The Kier molecular flexibility index (Phi) is 1.79. The zero-order valence-corrected chi connectivity index (χ0v) is 7.00. The first-order valence-corrected chi connectivity index (χ1v) is 4.21. The van der Waals surface area contributed by atoms with Crippen LogP contribution in [0.15, 0.2) is 18.2 Å². The molecule has 0 spiro atoms. The van der Waals surface area contributed by atoms with E-state index in [-0.39, 0.29) is 11.7 Å². The van der Waals surface area contributed by atoms with Crippen molar-refractivity contribution in [1.29, 1.82) is 0 Å². The van der Waals surface area contributed by atoms with Crippen LogP contribution in [0.2, 0.25) is 0 Å². The molecule has 0 saturated heterocycles. The van der Waals surface area contributed by atoms with Crippen LogP contribution in [-0.2, 0) is 6.42 Å². The summed E-state index contributed by atoms with van der Waals surface area (Å²) >= 11 is 0. The molecule has 0 fully saturated rings. The van der Waals surface area contributed by atoms with Gasteiger partial charge in [0, 0.05) is 0 Å². The smallest absolute Gasteiger partial charge is 0.339 e. The number of fused-ring (bicyclic) bond motifs is 1. The summed E-state index contributed by atoms with van der Waals surface area (Å²) in [6.07, 6.45) is 1.36. The number of hydrogen-bond donors (Lipinski definition) is 1. The Morgan fingerprint density at radius 3 is 3.00 bits per heavy atom. The fraction of sp³-hybridized carbons (Fsp3) is 0.300. The lowest BCUT2D eigenvalue weighted by atomic mass is 10.0. The van der Waals surface area contributed by atoms with Crippen LogP contribution in [0.25, 0.3) is 0 Å². The maximum atomic E-state index is 12.8. The Morgan fingerprint density at radius 1 is 1.54 bits per heavy atom. The number of benzene rings is 1. The van der Waals surface area contributed by atoms with E-state index in [9.17, 15) is 4.39 Å². The highest BCUT2D eigenvalue weighted by Crippen LogP contribution is 2.33. The van der Waals surface area contributed by atoms with Gasteiger partial charge in [-0.15, -0.1) is 0 Å². The molecule has 2 rings (SSSR count). The van der Waals surface area contributed by atoms with Gasteiger partial charge < -0.3 is 9.90 Å². The van der Waals surface area contributed by atoms with E-state index in [1.807, 2.05) is 0 Å². The normalized spacial score (nSPS) is 19.9. The predicted octanol–water partition coefficient (Wildman–Crippen LogP) is 1.92. The first kappa shape index (κ1) is 8.23. The molecule has 0 heterocycles. The van der Waals surface area contributed by atoms with Gasteiger partial charge in [-0.25, -0.2) is 4.39 Å². The molecule has 0 amide bonds. The molecule has 0 radical (unpaired) electrons. The maximum Gasteiger partial charge on any atom is 0.488 e. The van der Waals surface area contributed by atoms with Gasteiger partial charge in [-0.2, -0.15) is 0 Å². The fourth-order valence-electron chi connectivity index (χ4n) is 1.85. The molecule has 1 aliphatic carbocycles. The molecular formula is C10H10FO2+. The molecule has 0 aliphatic heterocycles. The van der Waals surface area contributed by atoms with Crippen molar-refractivity contribution in [2.45, 2.75) is 18.8 Å². The molecule has 0 aromatic heterocycles. The van der Waals surface area contributed by atoms with Gasteiger partial charge in [-0.1, -0.05) is 6.07 Å². The van der Waals surface area contributed by atoms with Crippen LogP contribution in [0.4, 0.5) is 4.39 Å². The van der Waals surface area contributed by atoms with Gasteiger partial charge in [-0.05, 0) is 36.1 Å². The van der Waals surface area contributed by atoms with Crippen molar-refractivity contribution in [2.24, 2.45) is 0 Å². The van der Waals surface area contributed by atoms with Crippen LogP contribution < -0.4 is 0 Å². The van der Waals surface area contributed by atoms with E-state index in [0.29, 0.717) is 12.8 Å². The maximum absolute atomic E-state index is 12.8. The largest absolute Gasteiger partial charge is 0.488 e. The van der Waals surface area contributed by atoms with Gasteiger partial charge in [0.05, 0.1) is 0 Å². The summed E-state index contributed by atoms with van der Waals surface area (Å²) < 4.78 is 12.8. The summed E-state index contributed by atoms with van der Waals surface area (Å²) in [5.74, 6) is -1.15. The fourth-order valence-corrected chi connectivity index (χ4v) is 1.85. The highest BCUT2D eigenvalue weighted by atomic mass is 19.1. The van der Waals surface area contributed by atoms with Crippen LogP contribution in [0.3, 0.4) is 0 Å². The Balaban J connectivity index is 2.44. The average molecular weight is 181 g/mol. The topological polar surface area (TPSA) is 41.6 Å². The van der Waals surface area contributed by atoms with E-state index < -0.39 is 5.97 Å². The molecule has 1 aromatic carbocycles. The molecular weight excluding hydrogens is 171 g/mol. The lowest BCUT2D eigenvalue weighted by molar-refractivity contribution is 0.424. The van der Waals surface area contributed by atoms with Crippen molar-refractivity contribution in [3.05, 3.63) is 35.1 Å². The molecule has 13 heavy (non-hydrogen) atoms. The molecule has 3 heteroatoms. The summed E-state index contributed by atoms with van der Waals surface area (Å²) in [5.41, 5.74) is 1.71. The van der Waals surface area contributed by atoms with Crippen molar-refractivity contribution < 1.29 is 14.3 Å². The molecule has 0 unspecified atom stereocenters. The van der Waals surface area contributed by atoms with Crippen molar-refractivity contribution in [3.63, 3.8) is 0 Å². The van der Waals surface area contributed by atoms with E-state index in [1.54, 1.807) is 6.07 Å². The van der Waals surface area contributed by atoms with Crippen molar-refractivity contribution >= 4 is 5.97 Å².